The fraction of sp³-hybridized carbons (Fsp3) is 0.0400. The van der Waals surface area contributed by atoms with Gasteiger partial charge >= 0.3 is 0 Å². The summed E-state index contributed by atoms with van der Waals surface area (Å²) >= 11 is 13.0. The van der Waals surface area contributed by atoms with Crippen LogP contribution in [0.5, 0.6) is 0 Å². The minimum absolute atomic E-state index is 0.0838. The van der Waals surface area contributed by atoms with Crippen LogP contribution >= 0.6 is 23.2 Å². The molecule has 1 heterocycles. The van der Waals surface area contributed by atoms with Gasteiger partial charge in [0, 0.05) is 16.9 Å². The van der Waals surface area contributed by atoms with Crippen molar-refractivity contribution in [3.05, 3.63) is 118 Å². The standard InChI is InChI=1S/C25H16Cl2O/c26-21-12-6-11-19(25(21)27)23(17-8-2-1-3-9-17)20-15-28-22-14-13-16-7-4-5-10-18(16)24(20)22/h1-15,23H. The first-order valence-electron chi connectivity index (χ1n) is 9.12. The molecule has 0 aliphatic rings. The summed E-state index contributed by atoms with van der Waals surface area (Å²) in [7, 11) is 0. The van der Waals surface area contributed by atoms with E-state index in [1.807, 2.05) is 48.7 Å². The molecule has 0 bridgehead atoms. The molecule has 28 heavy (non-hydrogen) atoms. The molecule has 1 nitrogen and oxygen atoms in total. The van der Waals surface area contributed by atoms with Crippen LogP contribution in [0.25, 0.3) is 21.7 Å². The summed E-state index contributed by atoms with van der Waals surface area (Å²) in [5.41, 5.74) is 4.06. The molecule has 0 fully saturated rings. The van der Waals surface area contributed by atoms with Gasteiger partial charge in [-0.1, -0.05) is 96.0 Å². The first kappa shape index (κ1) is 17.4. The summed E-state index contributed by atoms with van der Waals surface area (Å²) in [5.74, 6) is -0.0838. The summed E-state index contributed by atoms with van der Waals surface area (Å²) in [6.07, 6.45) is 1.85. The molecule has 1 unspecified atom stereocenters. The Kier molecular flexibility index (Phi) is 4.35. The van der Waals surface area contributed by atoms with Gasteiger partial charge in [0.1, 0.15) is 5.58 Å². The van der Waals surface area contributed by atoms with Crippen molar-refractivity contribution in [3.8, 4) is 0 Å². The maximum atomic E-state index is 6.66. The van der Waals surface area contributed by atoms with Crippen LogP contribution in [-0.2, 0) is 0 Å². The highest BCUT2D eigenvalue weighted by atomic mass is 35.5. The molecule has 0 spiro atoms. The van der Waals surface area contributed by atoms with Crippen LogP contribution in [0.15, 0.2) is 95.6 Å². The zero-order valence-corrected chi connectivity index (χ0v) is 16.4. The molecular formula is C25H16Cl2O. The monoisotopic (exact) mass is 402 g/mol. The van der Waals surface area contributed by atoms with Crippen molar-refractivity contribution in [2.24, 2.45) is 0 Å². The zero-order chi connectivity index (χ0) is 19.1. The Morgan fingerprint density at radius 2 is 1.46 bits per heavy atom. The summed E-state index contributed by atoms with van der Waals surface area (Å²) in [6, 6.07) is 28.6. The van der Waals surface area contributed by atoms with Crippen LogP contribution in [0, 0.1) is 0 Å². The summed E-state index contributed by atoms with van der Waals surface area (Å²) in [6.45, 7) is 0. The van der Waals surface area contributed by atoms with Crippen molar-refractivity contribution < 1.29 is 4.42 Å². The van der Waals surface area contributed by atoms with Gasteiger partial charge in [0.25, 0.3) is 0 Å². The lowest BCUT2D eigenvalue weighted by Gasteiger charge is -2.20. The van der Waals surface area contributed by atoms with Crippen molar-refractivity contribution in [3.63, 3.8) is 0 Å². The van der Waals surface area contributed by atoms with E-state index in [1.165, 1.54) is 10.8 Å². The lowest BCUT2D eigenvalue weighted by molar-refractivity contribution is 0.609. The molecule has 5 rings (SSSR count). The van der Waals surface area contributed by atoms with E-state index >= 15 is 0 Å². The molecule has 4 aromatic carbocycles. The van der Waals surface area contributed by atoms with Gasteiger partial charge in [-0.3, -0.25) is 0 Å². The largest absolute Gasteiger partial charge is 0.464 e. The van der Waals surface area contributed by atoms with E-state index in [-0.39, 0.29) is 5.92 Å². The van der Waals surface area contributed by atoms with Crippen molar-refractivity contribution in [2.75, 3.05) is 0 Å². The predicted octanol–water partition coefficient (Wildman–Crippen LogP) is 8.07. The number of hydrogen-bond acceptors (Lipinski definition) is 1. The summed E-state index contributed by atoms with van der Waals surface area (Å²) in [5, 5.41) is 4.60. The van der Waals surface area contributed by atoms with Crippen LogP contribution in [-0.4, -0.2) is 0 Å². The smallest absolute Gasteiger partial charge is 0.134 e. The molecular weight excluding hydrogens is 387 g/mol. The molecule has 3 heteroatoms. The predicted molar refractivity (Wildman–Crippen MR) is 118 cm³/mol. The Morgan fingerprint density at radius 3 is 2.32 bits per heavy atom. The normalized spacial score (nSPS) is 12.5. The van der Waals surface area contributed by atoms with E-state index in [0.29, 0.717) is 10.0 Å². The average molecular weight is 403 g/mol. The molecule has 1 atom stereocenters. The maximum Gasteiger partial charge on any atom is 0.134 e. The molecule has 0 saturated carbocycles. The first-order valence-corrected chi connectivity index (χ1v) is 9.87. The van der Waals surface area contributed by atoms with Crippen molar-refractivity contribution in [1.29, 1.82) is 0 Å². The fourth-order valence-electron chi connectivity index (χ4n) is 3.96. The Labute approximate surface area is 173 Å². The van der Waals surface area contributed by atoms with Gasteiger partial charge in [0.2, 0.25) is 0 Å². The van der Waals surface area contributed by atoms with Gasteiger partial charge in [0.15, 0.2) is 0 Å². The molecule has 0 radical (unpaired) electrons. The number of furan rings is 1. The second-order valence-electron chi connectivity index (χ2n) is 6.84. The number of benzene rings is 4. The third-order valence-electron chi connectivity index (χ3n) is 5.23. The van der Waals surface area contributed by atoms with Gasteiger partial charge < -0.3 is 4.42 Å². The summed E-state index contributed by atoms with van der Waals surface area (Å²) < 4.78 is 5.98. The minimum Gasteiger partial charge on any atom is -0.464 e. The highest BCUT2D eigenvalue weighted by molar-refractivity contribution is 6.42. The third-order valence-corrected chi connectivity index (χ3v) is 6.06. The van der Waals surface area contributed by atoms with E-state index in [9.17, 15) is 0 Å². The summed E-state index contributed by atoms with van der Waals surface area (Å²) in [4.78, 5) is 0. The molecule has 1 aromatic heterocycles. The Hall–Kier alpha value is -2.74. The highest BCUT2D eigenvalue weighted by Gasteiger charge is 2.25. The fourth-order valence-corrected chi connectivity index (χ4v) is 4.38. The van der Waals surface area contributed by atoms with Crippen LogP contribution in [0.2, 0.25) is 10.0 Å². The van der Waals surface area contributed by atoms with E-state index in [2.05, 4.69) is 42.5 Å². The quantitative estimate of drug-likeness (QED) is 0.297. The third kappa shape index (κ3) is 2.79. The number of rotatable bonds is 3. The van der Waals surface area contributed by atoms with E-state index < -0.39 is 0 Å². The van der Waals surface area contributed by atoms with Gasteiger partial charge in [0.05, 0.1) is 16.3 Å². The second-order valence-corrected chi connectivity index (χ2v) is 7.62. The lowest BCUT2D eigenvalue weighted by atomic mass is 9.84. The Morgan fingerprint density at radius 1 is 0.679 bits per heavy atom. The lowest BCUT2D eigenvalue weighted by Crippen LogP contribution is -2.04. The van der Waals surface area contributed by atoms with Crippen molar-refractivity contribution >= 4 is 44.9 Å². The minimum atomic E-state index is -0.0838. The van der Waals surface area contributed by atoms with Gasteiger partial charge in [-0.05, 0) is 34.0 Å². The average Bonchev–Trinajstić information content (AvgIpc) is 3.16. The van der Waals surface area contributed by atoms with Crippen molar-refractivity contribution in [1.82, 2.24) is 0 Å². The number of fused-ring (bicyclic) bond motifs is 3. The van der Waals surface area contributed by atoms with Gasteiger partial charge in [-0.2, -0.15) is 0 Å². The van der Waals surface area contributed by atoms with E-state index in [4.69, 9.17) is 27.6 Å². The maximum absolute atomic E-state index is 6.66. The highest BCUT2D eigenvalue weighted by Crippen LogP contribution is 2.43. The first-order chi connectivity index (χ1) is 13.7. The molecule has 0 amide bonds. The van der Waals surface area contributed by atoms with Gasteiger partial charge in [-0.15, -0.1) is 0 Å². The SMILES string of the molecule is Clc1cccc(C(c2ccccc2)c2coc3ccc4ccccc4c23)c1Cl. The van der Waals surface area contributed by atoms with E-state index in [1.54, 1.807) is 0 Å². The van der Waals surface area contributed by atoms with E-state index in [0.717, 1.165) is 27.7 Å². The molecule has 136 valence electrons. The molecule has 0 N–H and O–H groups in total. The van der Waals surface area contributed by atoms with Gasteiger partial charge in [-0.25, -0.2) is 0 Å². The molecule has 0 aliphatic carbocycles. The Balaban J connectivity index is 1.86. The van der Waals surface area contributed by atoms with Crippen LogP contribution in [0.3, 0.4) is 0 Å². The topological polar surface area (TPSA) is 13.1 Å². The number of hydrogen-bond donors (Lipinski definition) is 0. The molecule has 0 saturated heterocycles. The molecule has 0 aliphatic heterocycles. The Bertz CT molecular complexity index is 1290. The van der Waals surface area contributed by atoms with Crippen molar-refractivity contribution in [2.45, 2.75) is 5.92 Å². The van der Waals surface area contributed by atoms with Crippen LogP contribution in [0.1, 0.15) is 22.6 Å². The van der Waals surface area contributed by atoms with Crippen LogP contribution in [0.4, 0.5) is 0 Å². The zero-order valence-electron chi connectivity index (χ0n) is 14.9. The number of halogens is 2. The second kappa shape index (κ2) is 7.01. The van der Waals surface area contributed by atoms with Crippen LogP contribution < -0.4 is 0 Å². The molecule has 5 aromatic rings.